The Morgan fingerprint density at radius 3 is 2.85 bits per heavy atom. The van der Waals surface area contributed by atoms with E-state index in [2.05, 4.69) is 4.98 Å². The molecule has 0 unspecified atom stereocenters. The second kappa shape index (κ2) is 6.99. The maximum absolute atomic E-state index is 13.5. The van der Waals surface area contributed by atoms with Crippen LogP contribution in [-0.4, -0.2) is 40.6 Å². The van der Waals surface area contributed by atoms with Crippen molar-refractivity contribution in [3.05, 3.63) is 58.1 Å². The molecule has 1 aromatic carbocycles. The smallest absolute Gasteiger partial charge is 0.265 e. The Labute approximate surface area is 148 Å². The number of aromatic nitrogens is 2. The van der Waals surface area contributed by atoms with Gasteiger partial charge in [0.2, 0.25) is 5.71 Å². The Bertz CT molecular complexity index is 1020. The summed E-state index contributed by atoms with van der Waals surface area (Å²) in [6.45, 7) is 1.92. The minimum Gasteiger partial charge on any atom is -0.489 e. The fourth-order valence-electron chi connectivity index (χ4n) is 2.59. The maximum Gasteiger partial charge on any atom is 0.265 e. The average Bonchev–Trinajstić information content (AvgIpc) is 2.96. The van der Waals surface area contributed by atoms with E-state index >= 15 is 0 Å². The molecule has 0 N–H and O–H groups in total. The fraction of sp³-hybridized carbons (Fsp3) is 0.278. The summed E-state index contributed by atoms with van der Waals surface area (Å²) < 4.78 is 25.6. The maximum atomic E-state index is 13.5. The number of nitrogens with zero attached hydrogens (tertiary/aromatic N) is 3. The largest absolute Gasteiger partial charge is 0.489 e. The van der Waals surface area contributed by atoms with Gasteiger partial charge >= 0.3 is 0 Å². The van der Waals surface area contributed by atoms with Crippen molar-refractivity contribution < 1.29 is 18.3 Å². The first-order valence-corrected chi connectivity index (χ1v) is 7.97. The third-order valence-corrected chi connectivity index (χ3v) is 4.03. The van der Waals surface area contributed by atoms with E-state index < -0.39 is 5.82 Å². The highest BCUT2D eigenvalue weighted by Gasteiger charge is 2.24. The van der Waals surface area contributed by atoms with Crippen LogP contribution in [0.25, 0.3) is 11.1 Å². The number of rotatable bonds is 5. The van der Waals surface area contributed by atoms with Gasteiger partial charge in [0.15, 0.2) is 11.6 Å². The monoisotopic (exact) mass is 359 g/mol. The number of fused-ring (bicyclic) bond motifs is 1. The van der Waals surface area contributed by atoms with Crippen molar-refractivity contribution in [2.75, 3.05) is 20.2 Å². The van der Waals surface area contributed by atoms with E-state index in [0.29, 0.717) is 5.76 Å². The van der Waals surface area contributed by atoms with E-state index in [1.165, 1.54) is 27.9 Å². The highest BCUT2D eigenvalue weighted by atomic mass is 19.1. The van der Waals surface area contributed by atoms with Crippen molar-refractivity contribution >= 4 is 17.0 Å². The first kappa shape index (κ1) is 17.7. The molecule has 0 aliphatic heterocycles. The Morgan fingerprint density at radius 2 is 2.12 bits per heavy atom. The quantitative estimate of drug-likeness (QED) is 0.697. The molecule has 8 heteroatoms. The third-order valence-electron chi connectivity index (χ3n) is 4.03. The number of likely N-dealkylation sites (N-methyl/N-ethyl adjacent to an activating group) is 1. The van der Waals surface area contributed by atoms with Crippen LogP contribution in [0.3, 0.4) is 0 Å². The van der Waals surface area contributed by atoms with Gasteiger partial charge in [-0.25, -0.2) is 9.37 Å². The number of halogens is 1. The second-order valence-electron chi connectivity index (χ2n) is 5.88. The van der Waals surface area contributed by atoms with E-state index in [0.717, 1.165) is 0 Å². The zero-order chi connectivity index (χ0) is 18.8. The predicted octanol–water partition coefficient (Wildman–Crippen LogP) is 2.13. The number of carbonyl (C=O) groups excluding carboxylic acids is 1. The number of hydrogen-bond donors (Lipinski definition) is 0. The molecule has 0 spiro atoms. The minimum atomic E-state index is -0.465. The molecule has 2 aromatic heterocycles. The predicted molar refractivity (Wildman–Crippen MR) is 92.8 cm³/mol. The summed E-state index contributed by atoms with van der Waals surface area (Å²) >= 11 is 0. The lowest BCUT2D eigenvalue weighted by Gasteiger charge is -2.17. The minimum absolute atomic E-state index is 0.105. The molecule has 0 bridgehead atoms. The number of furan rings is 1. The topological polar surface area (TPSA) is 77.6 Å². The number of ether oxygens (including phenoxy) is 1. The number of aryl methyl sites for hydroxylation is 2. The van der Waals surface area contributed by atoms with Gasteiger partial charge in [0.1, 0.15) is 24.1 Å². The van der Waals surface area contributed by atoms with E-state index in [1.807, 2.05) is 0 Å². The van der Waals surface area contributed by atoms with E-state index in [-0.39, 0.29) is 47.0 Å². The van der Waals surface area contributed by atoms with Gasteiger partial charge in [0, 0.05) is 14.1 Å². The van der Waals surface area contributed by atoms with Crippen LogP contribution in [0, 0.1) is 12.7 Å². The number of carbonyl (C=O) groups is 1. The molecule has 26 heavy (non-hydrogen) atoms. The Morgan fingerprint density at radius 1 is 1.38 bits per heavy atom. The standard InChI is InChI=1S/C18H18FN3O4/c1-11-14(15-16(26-11)20-10-22(3)18(15)24)17(23)21(2)8-9-25-13-7-5-4-6-12(13)19/h4-7,10H,8-9H2,1-3H3. The first-order valence-electron chi connectivity index (χ1n) is 7.97. The summed E-state index contributed by atoms with van der Waals surface area (Å²) in [6, 6.07) is 6.05. The molecule has 7 nitrogen and oxygen atoms in total. The van der Waals surface area contributed by atoms with Crippen molar-refractivity contribution in [3.8, 4) is 5.75 Å². The number of benzene rings is 1. The highest BCUT2D eigenvalue weighted by Crippen LogP contribution is 2.22. The Kier molecular flexibility index (Phi) is 4.75. The molecule has 0 saturated heterocycles. The highest BCUT2D eigenvalue weighted by molar-refractivity contribution is 6.06. The molecule has 0 atom stereocenters. The molecule has 0 radical (unpaired) electrons. The molecule has 136 valence electrons. The third kappa shape index (κ3) is 3.17. The number of amides is 1. The summed E-state index contributed by atoms with van der Waals surface area (Å²) in [5, 5.41) is 0.152. The lowest BCUT2D eigenvalue weighted by molar-refractivity contribution is 0.0772. The lowest BCUT2D eigenvalue weighted by Crippen LogP contribution is -2.32. The zero-order valence-corrected chi connectivity index (χ0v) is 14.7. The van der Waals surface area contributed by atoms with Crippen LogP contribution in [0.2, 0.25) is 0 Å². The number of hydrogen-bond acceptors (Lipinski definition) is 5. The number of para-hydroxylation sites is 1. The van der Waals surface area contributed by atoms with Gasteiger partial charge < -0.3 is 18.6 Å². The molecule has 0 aliphatic carbocycles. The van der Waals surface area contributed by atoms with Crippen molar-refractivity contribution in [2.45, 2.75) is 6.92 Å². The Hall–Kier alpha value is -3.16. The summed E-state index contributed by atoms with van der Waals surface area (Å²) in [4.78, 5) is 30.6. The van der Waals surface area contributed by atoms with Crippen LogP contribution < -0.4 is 10.3 Å². The van der Waals surface area contributed by atoms with Crippen molar-refractivity contribution in [1.82, 2.24) is 14.5 Å². The molecule has 0 aliphatic rings. The van der Waals surface area contributed by atoms with Gasteiger partial charge in [0.25, 0.3) is 11.5 Å². The first-order chi connectivity index (χ1) is 12.4. The molecule has 0 saturated carbocycles. The van der Waals surface area contributed by atoms with Crippen LogP contribution in [0.4, 0.5) is 4.39 Å². The normalized spacial score (nSPS) is 10.9. The molecular formula is C18H18FN3O4. The van der Waals surface area contributed by atoms with Crippen molar-refractivity contribution in [2.24, 2.45) is 7.05 Å². The lowest BCUT2D eigenvalue weighted by atomic mass is 10.1. The summed E-state index contributed by atoms with van der Waals surface area (Å²) in [5.74, 6) is -0.407. The van der Waals surface area contributed by atoms with Gasteiger partial charge in [-0.1, -0.05) is 12.1 Å². The summed E-state index contributed by atoms with van der Waals surface area (Å²) in [7, 11) is 3.13. The SMILES string of the molecule is Cc1oc2ncn(C)c(=O)c2c1C(=O)N(C)CCOc1ccccc1F. The van der Waals surface area contributed by atoms with Crippen LogP contribution in [0.5, 0.6) is 5.75 Å². The molecule has 0 fully saturated rings. The van der Waals surface area contributed by atoms with Crippen LogP contribution in [-0.2, 0) is 7.05 Å². The van der Waals surface area contributed by atoms with Gasteiger partial charge in [-0.3, -0.25) is 9.59 Å². The van der Waals surface area contributed by atoms with Gasteiger partial charge in [-0.2, -0.15) is 0 Å². The second-order valence-corrected chi connectivity index (χ2v) is 5.88. The van der Waals surface area contributed by atoms with Crippen molar-refractivity contribution in [1.29, 1.82) is 0 Å². The fourth-order valence-corrected chi connectivity index (χ4v) is 2.59. The van der Waals surface area contributed by atoms with Gasteiger partial charge in [-0.05, 0) is 19.1 Å². The average molecular weight is 359 g/mol. The van der Waals surface area contributed by atoms with Crippen LogP contribution >= 0.6 is 0 Å². The molecule has 2 heterocycles. The Balaban J connectivity index is 1.78. The molecule has 3 rings (SSSR count). The van der Waals surface area contributed by atoms with E-state index in [4.69, 9.17) is 9.15 Å². The van der Waals surface area contributed by atoms with Crippen LogP contribution in [0.15, 0.2) is 39.8 Å². The molecular weight excluding hydrogens is 341 g/mol. The summed E-state index contributed by atoms with van der Waals surface area (Å²) in [5.41, 5.74) is -0.0433. The van der Waals surface area contributed by atoms with Gasteiger partial charge in [0.05, 0.1) is 12.1 Å². The van der Waals surface area contributed by atoms with Gasteiger partial charge in [-0.15, -0.1) is 0 Å². The summed E-state index contributed by atoms with van der Waals surface area (Å²) in [6.07, 6.45) is 1.34. The molecule has 3 aromatic rings. The van der Waals surface area contributed by atoms with E-state index in [9.17, 15) is 14.0 Å². The van der Waals surface area contributed by atoms with Crippen molar-refractivity contribution in [3.63, 3.8) is 0 Å². The zero-order valence-electron chi connectivity index (χ0n) is 14.7. The molecule has 1 amide bonds. The van der Waals surface area contributed by atoms with Crippen LogP contribution in [0.1, 0.15) is 16.1 Å². The van der Waals surface area contributed by atoms with E-state index in [1.54, 1.807) is 33.2 Å².